The highest BCUT2D eigenvalue weighted by Gasteiger charge is 2.08. The number of benzene rings is 3. The van der Waals surface area contributed by atoms with Gasteiger partial charge in [0, 0.05) is 27.5 Å². The molecule has 0 saturated heterocycles. The SMILES string of the molecule is COc1ccc(CC(=O)Nc2ccc3[nH]c4ccccc4c3c2)cc1. The van der Waals surface area contributed by atoms with Crippen LogP contribution in [0.15, 0.2) is 66.7 Å². The molecule has 4 heteroatoms. The zero-order chi connectivity index (χ0) is 17.2. The van der Waals surface area contributed by atoms with Gasteiger partial charge in [-0.25, -0.2) is 0 Å². The minimum atomic E-state index is -0.0376. The average molecular weight is 330 g/mol. The van der Waals surface area contributed by atoms with Crippen LogP contribution < -0.4 is 10.1 Å². The third-order valence-corrected chi connectivity index (χ3v) is 4.31. The van der Waals surface area contributed by atoms with Crippen molar-refractivity contribution in [1.29, 1.82) is 0 Å². The van der Waals surface area contributed by atoms with Crippen molar-refractivity contribution < 1.29 is 9.53 Å². The Hall–Kier alpha value is -3.27. The molecule has 0 aliphatic carbocycles. The molecule has 0 saturated carbocycles. The number of hydrogen-bond donors (Lipinski definition) is 2. The number of anilines is 1. The van der Waals surface area contributed by atoms with Crippen molar-refractivity contribution in [3.63, 3.8) is 0 Å². The number of para-hydroxylation sites is 1. The van der Waals surface area contributed by atoms with Gasteiger partial charge in [-0.1, -0.05) is 30.3 Å². The number of H-pyrrole nitrogens is 1. The van der Waals surface area contributed by atoms with Crippen LogP contribution in [0.2, 0.25) is 0 Å². The van der Waals surface area contributed by atoms with E-state index in [9.17, 15) is 4.79 Å². The second kappa shape index (κ2) is 6.32. The molecular weight excluding hydrogens is 312 g/mol. The van der Waals surface area contributed by atoms with Crippen molar-refractivity contribution in [2.24, 2.45) is 0 Å². The standard InChI is InChI=1S/C21H18N2O2/c1-25-16-9-6-14(7-10-16)12-21(24)22-15-8-11-20-18(13-15)17-4-2-3-5-19(17)23-20/h2-11,13,23H,12H2,1H3,(H,22,24). The Morgan fingerprint density at radius 1 is 0.960 bits per heavy atom. The highest BCUT2D eigenvalue weighted by Crippen LogP contribution is 2.27. The number of aromatic amines is 1. The van der Waals surface area contributed by atoms with E-state index in [1.807, 2.05) is 54.6 Å². The van der Waals surface area contributed by atoms with Crippen LogP contribution in [-0.2, 0) is 11.2 Å². The molecule has 1 aromatic heterocycles. The molecule has 4 aromatic rings. The molecule has 0 spiro atoms. The molecule has 4 rings (SSSR count). The molecule has 0 atom stereocenters. The first-order valence-corrected chi connectivity index (χ1v) is 8.16. The molecule has 124 valence electrons. The highest BCUT2D eigenvalue weighted by molar-refractivity contribution is 6.09. The molecule has 3 aromatic carbocycles. The highest BCUT2D eigenvalue weighted by atomic mass is 16.5. The summed E-state index contributed by atoms with van der Waals surface area (Å²) in [5.41, 5.74) is 3.91. The van der Waals surface area contributed by atoms with Gasteiger partial charge in [-0.3, -0.25) is 4.79 Å². The first-order chi connectivity index (χ1) is 12.2. The molecule has 0 aliphatic rings. The molecule has 0 unspecified atom stereocenters. The number of amides is 1. The lowest BCUT2D eigenvalue weighted by Crippen LogP contribution is -2.14. The minimum absolute atomic E-state index is 0.0376. The lowest BCUT2D eigenvalue weighted by molar-refractivity contribution is -0.115. The third kappa shape index (κ3) is 3.06. The Morgan fingerprint density at radius 2 is 1.72 bits per heavy atom. The number of carbonyl (C=O) groups is 1. The van der Waals surface area contributed by atoms with Gasteiger partial charge in [-0.05, 0) is 42.0 Å². The summed E-state index contributed by atoms with van der Waals surface area (Å²) in [4.78, 5) is 15.7. The normalized spacial score (nSPS) is 10.9. The van der Waals surface area contributed by atoms with Crippen LogP contribution >= 0.6 is 0 Å². The lowest BCUT2D eigenvalue weighted by Gasteiger charge is -2.06. The number of aromatic nitrogens is 1. The number of hydrogen-bond acceptors (Lipinski definition) is 2. The summed E-state index contributed by atoms with van der Waals surface area (Å²) in [6, 6.07) is 21.6. The van der Waals surface area contributed by atoms with Crippen LogP contribution in [0.3, 0.4) is 0 Å². The molecule has 1 heterocycles. The largest absolute Gasteiger partial charge is 0.497 e. The summed E-state index contributed by atoms with van der Waals surface area (Å²) in [6.45, 7) is 0. The van der Waals surface area contributed by atoms with Gasteiger partial charge in [0.05, 0.1) is 13.5 Å². The number of carbonyl (C=O) groups excluding carboxylic acids is 1. The molecule has 0 aliphatic heterocycles. The summed E-state index contributed by atoms with van der Waals surface area (Å²) in [5, 5.41) is 5.25. The first kappa shape index (κ1) is 15.3. The topological polar surface area (TPSA) is 54.1 Å². The molecule has 0 radical (unpaired) electrons. The summed E-state index contributed by atoms with van der Waals surface area (Å²) >= 11 is 0. The monoisotopic (exact) mass is 330 g/mol. The van der Waals surface area contributed by atoms with E-state index in [1.54, 1.807) is 7.11 Å². The van der Waals surface area contributed by atoms with Gasteiger partial charge < -0.3 is 15.0 Å². The number of rotatable bonds is 4. The number of nitrogens with one attached hydrogen (secondary N) is 2. The summed E-state index contributed by atoms with van der Waals surface area (Å²) in [5.74, 6) is 0.748. The van der Waals surface area contributed by atoms with E-state index in [1.165, 1.54) is 0 Å². The Bertz CT molecular complexity index is 1050. The smallest absolute Gasteiger partial charge is 0.228 e. The average Bonchev–Trinajstić information content (AvgIpc) is 3.00. The van der Waals surface area contributed by atoms with E-state index in [0.717, 1.165) is 38.8 Å². The Kier molecular flexibility index (Phi) is 3.86. The summed E-state index contributed by atoms with van der Waals surface area (Å²) in [6.07, 6.45) is 0.329. The second-order valence-electron chi connectivity index (χ2n) is 6.00. The number of methoxy groups -OCH3 is 1. The third-order valence-electron chi connectivity index (χ3n) is 4.31. The molecule has 1 amide bonds. The van der Waals surface area contributed by atoms with Gasteiger partial charge >= 0.3 is 0 Å². The predicted octanol–water partition coefficient (Wildman–Crippen LogP) is 4.51. The van der Waals surface area contributed by atoms with Crippen LogP contribution in [0.4, 0.5) is 5.69 Å². The fourth-order valence-electron chi connectivity index (χ4n) is 3.06. The minimum Gasteiger partial charge on any atom is -0.497 e. The zero-order valence-corrected chi connectivity index (χ0v) is 13.9. The van der Waals surface area contributed by atoms with Crippen LogP contribution in [0, 0.1) is 0 Å². The van der Waals surface area contributed by atoms with E-state index < -0.39 is 0 Å². The number of ether oxygens (including phenoxy) is 1. The van der Waals surface area contributed by atoms with Crippen molar-refractivity contribution in [2.75, 3.05) is 12.4 Å². The van der Waals surface area contributed by atoms with Gasteiger partial charge in [0.1, 0.15) is 5.75 Å². The van der Waals surface area contributed by atoms with Crippen LogP contribution in [0.25, 0.3) is 21.8 Å². The van der Waals surface area contributed by atoms with Crippen LogP contribution in [0.1, 0.15) is 5.56 Å². The maximum absolute atomic E-state index is 12.3. The van der Waals surface area contributed by atoms with Crippen molar-refractivity contribution in [2.45, 2.75) is 6.42 Å². The van der Waals surface area contributed by atoms with E-state index in [2.05, 4.69) is 22.4 Å². The maximum atomic E-state index is 12.3. The van der Waals surface area contributed by atoms with E-state index in [4.69, 9.17) is 4.74 Å². The van der Waals surface area contributed by atoms with Gasteiger partial charge in [0.2, 0.25) is 5.91 Å². The van der Waals surface area contributed by atoms with Gasteiger partial charge in [-0.2, -0.15) is 0 Å². The predicted molar refractivity (Wildman–Crippen MR) is 101 cm³/mol. The fraction of sp³-hybridized carbons (Fsp3) is 0.0952. The molecule has 2 N–H and O–H groups in total. The molecule has 0 bridgehead atoms. The van der Waals surface area contributed by atoms with E-state index >= 15 is 0 Å². The van der Waals surface area contributed by atoms with Crippen LogP contribution in [0.5, 0.6) is 5.75 Å². The van der Waals surface area contributed by atoms with Crippen molar-refractivity contribution in [3.05, 3.63) is 72.3 Å². The molecular formula is C21H18N2O2. The molecule has 25 heavy (non-hydrogen) atoms. The Morgan fingerprint density at radius 3 is 2.52 bits per heavy atom. The Balaban J connectivity index is 1.55. The van der Waals surface area contributed by atoms with Crippen LogP contribution in [-0.4, -0.2) is 18.0 Å². The van der Waals surface area contributed by atoms with E-state index in [-0.39, 0.29) is 5.91 Å². The van der Waals surface area contributed by atoms with Gasteiger partial charge in [0.25, 0.3) is 0 Å². The van der Waals surface area contributed by atoms with E-state index in [0.29, 0.717) is 6.42 Å². The van der Waals surface area contributed by atoms with Crippen molar-refractivity contribution >= 4 is 33.4 Å². The summed E-state index contributed by atoms with van der Waals surface area (Å²) < 4.78 is 5.13. The maximum Gasteiger partial charge on any atom is 0.228 e. The van der Waals surface area contributed by atoms with Crippen molar-refractivity contribution in [3.8, 4) is 5.75 Å². The summed E-state index contributed by atoms with van der Waals surface area (Å²) in [7, 11) is 1.63. The first-order valence-electron chi connectivity index (χ1n) is 8.16. The molecule has 4 nitrogen and oxygen atoms in total. The number of fused-ring (bicyclic) bond motifs is 3. The molecule has 0 fully saturated rings. The zero-order valence-electron chi connectivity index (χ0n) is 13.9. The second-order valence-corrected chi connectivity index (χ2v) is 6.00. The quantitative estimate of drug-likeness (QED) is 0.578. The van der Waals surface area contributed by atoms with Gasteiger partial charge in [0.15, 0.2) is 0 Å². The fourth-order valence-corrected chi connectivity index (χ4v) is 3.06. The van der Waals surface area contributed by atoms with Gasteiger partial charge in [-0.15, -0.1) is 0 Å². The lowest BCUT2D eigenvalue weighted by atomic mass is 10.1. The van der Waals surface area contributed by atoms with Crippen molar-refractivity contribution in [1.82, 2.24) is 4.98 Å². The Labute approximate surface area is 145 Å².